The number of nitrogens with zero attached hydrogens (tertiary/aromatic N) is 3. The average Bonchev–Trinajstić information content (AvgIpc) is 2.71. The third-order valence-corrected chi connectivity index (χ3v) is 5.87. The number of piperidine rings is 1. The van der Waals surface area contributed by atoms with E-state index in [1.165, 1.54) is 31.0 Å². The van der Waals surface area contributed by atoms with Crippen LogP contribution in [0.3, 0.4) is 0 Å². The standard InChI is InChI=1S/C20H22N4O2S/c25-19(13-24-16-6-2-3-7-17(16)27-14-20(24)26)22-15-8-9-18(21-12-15)23-10-4-1-5-11-23/h2-3,6-9,12H,1,4-5,10-11,13-14H2,(H,22,25). The molecule has 3 heterocycles. The molecule has 2 aromatic rings. The van der Waals surface area contributed by atoms with Crippen LogP contribution in [-0.2, 0) is 9.59 Å². The maximum absolute atomic E-state index is 12.5. The van der Waals surface area contributed by atoms with Crippen molar-refractivity contribution in [2.45, 2.75) is 24.2 Å². The van der Waals surface area contributed by atoms with Crippen LogP contribution in [0.4, 0.5) is 17.2 Å². The summed E-state index contributed by atoms with van der Waals surface area (Å²) in [4.78, 5) is 34.1. The number of amides is 2. The summed E-state index contributed by atoms with van der Waals surface area (Å²) in [5.74, 6) is 1.03. The Kier molecular flexibility index (Phi) is 5.29. The molecule has 140 valence electrons. The minimum absolute atomic E-state index is 0.00425. The zero-order valence-electron chi connectivity index (χ0n) is 15.1. The molecule has 0 unspecified atom stereocenters. The van der Waals surface area contributed by atoms with Crippen molar-refractivity contribution in [3.8, 4) is 0 Å². The number of rotatable bonds is 4. The zero-order chi connectivity index (χ0) is 18.6. The third kappa shape index (κ3) is 4.08. The highest BCUT2D eigenvalue weighted by molar-refractivity contribution is 8.00. The van der Waals surface area contributed by atoms with Gasteiger partial charge < -0.3 is 15.1 Å². The summed E-state index contributed by atoms with van der Waals surface area (Å²) in [6.45, 7) is 2.07. The molecular weight excluding hydrogens is 360 g/mol. The van der Waals surface area contributed by atoms with E-state index in [9.17, 15) is 9.59 Å². The molecule has 0 spiro atoms. The van der Waals surface area contributed by atoms with Gasteiger partial charge in [0.05, 0.1) is 23.3 Å². The number of thioether (sulfide) groups is 1. The molecule has 0 saturated carbocycles. The first kappa shape index (κ1) is 17.9. The van der Waals surface area contributed by atoms with Crippen molar-refractivity contribution in [1.29, 1.82) is 0 Å². The fourth-order valence-corrected chi connectivity index (χ4v) is 4.38. The molecule has 27 heavy (non-hydrogen) atoms. The normalized spacial score (nSPS) is 16.8. The molecule has 0 aliphatic carbocycles. The first-order valence-corrected chi connectivity index (χ1v) is 10.2. The molecule has 2 aliphatic rings. The number of aromatic nitrogens is 1. The lowest BCUT2D eigenvalue weighted by atomic mass is 10.1. The number of fused-ring (bicyclic) bond motifs is 1. The van der Waals surface area contributed by atoms with Gasteiger partial charge in [-0.05, 0) is 43.5 Å². The van der Waals surface area contributed by atoms with Crippen molar-refractivity contribution in [2.75, 3.05) is 40.5 Å². The summed E-state index contributed by atoms with van der Waals surface area (Å²) in [6.07, 6.45) is 5.36. The lowest BCUT2D eigenvalue weighted by Crippen LogP contribution is -2.41. The van der Waals surface area contributed by atoms with Crippen LogP contribution in [0.5, 0.6) is 0 Å². The summed E-state index contributed by atoms with van der Waals surface area (Å²) in [7, 11) is 0. The van der Waals surface area contributed by atoms with Crippen LogP contribution in [0.15, 0.2) is 47.5 Å². The number of anilines is 3. The van der Waals surface area contributed by atoms with Crippen LogP contribution < -0.4 is 15.1 Å². The monoisotopic (exact) mass is 382 g/mol. The van der Waals surface area contributed by atoms with E-state index in [2.05, 4.69) is 15.2 Å². The van der Waals surface area contributed by atoms with Crippen LogP contribution in [0, 0.1) is 0 Å². The van der Waals surface area contributed by atoms with E-state index in [4.69, 9.17) is 0 Å². The summed E-state index contributed by atoms with van der Waals surface area (Å²) >= 11 is 1.51. The molecule has 7 heteroatoms. The Morgan fingerprint density at radius 3 is 2.70 bits per heavy atom. The number of hydrogen-bond acceptors (Lipinski definition) is 5. The molecule has 0 bridgehead atoms. The molecule has 1 N–H and O–H groups in total. The highest BCUT2D eigenvalue weighted by Gasteiger charge is 2.26. The van der Waals surface area contributed by atoms with Crippen molar-refractivity contribution < 1.29 is 9.59 Å². The van der Waals surface area contributed by atoms with Gasteiger partial charge in [-0.3, -0.25) is 9.59 Å². The fraction of sp³-hybridized carbons (Fsp3) is 0.350. The Bertz CT molecular complexity index is 834. The quantitative estimate of drug-likeness (QED) is 0.880. The van der Waals surface area contributed by atoms with Crippen molar-refractivity contribution in [3.63, 3.8) is 0 Å². The van der Waals surface area contributed by atoms with Gasteiger partial charge in [0.2, 0.25) is 11.8 Å². The van der Waals surface area contributed by atoms with E-state index < -0.39 is 0 Å². The number of hydrogen-bond donors (Lipinski definition) is 1. The number of benzene rings is 1. The minimum atomic E-state index is -0.224. The topological polar surface area (TPSA) is 65.5 Å². The van der Waals surface area contributed by atoms with Crippen molar-refractivity contribution in [3.05, 3.63) is 42.6 Å². The minimum Gasteiger partial charge on any atom is -0.357 e. The van der Waals surface area contributed by atoms with Gasteiger partial charge in [-0.1, -0.05) is 12.1 Å². The highest BCUT2D eigenvalue weighted by atomic mass is 32.2. The first-order chi connectivity index (χ1) is 13.2. The zero-order valence-corrected chi connectivity index (χ0v) is 15.9. The third-order valence-electron chi connectivity index (χ3n) is 4.82. The molecule has 1 fully saturated rings. The van der Waals surface area contributed by atoms with E-state index >= 15 is 0 Å². The van der Waals surface area contributed by atoms with Gasteiger partial charge in [0.1, 0.15) is 12.4 Å². The van der Waals surface area contributed by atoms with Crippen LogP contribution in [0.25, 0.3) is 0 Å². The van der Waals surface area contributed by atoms with E-state index in [1.54, 1.807) is 11.1 Å². The number of nitrogens with one attached hydrogen (secondary N) is 1. The van der Waals surface area contributed by atoms with Crippen LogP contribution in [0.2, 0.25) is 0 Å². The summed E-state index contributed by atoms with van der Waals surface area (Å²) in [5.41, 5.74) is 1.44. The Morgan fingerprint density at radius 2 is 1.93 bits per heavy atom. The van der Waals surface area contributed by atoms with E-state index in [0.717, 1.165) is 29.5 Å². The fourth-order valence-electron chi connectivity index (χ4n) is 3.44. The number of carbonyl (C=O) groups excluding carboxylic acids is 2. The van der Waals surface area contributed by atoms with Crippen molar-refractivity contribution in [1.82, 2.24) is 4.98 Å². The van der Waals surface area contributed by atoms with Gasteiger partial charge in [-0.15, -0.1) is 11.8 Å². The Morgan fingerprint density at radius 1 is 1.11 bits per heavy atom. The summed E-state index contributed by atoms with van der Waals surface area (Å²) in [6, 6.07) is 11.5. The average molecular weight is 382 g/mol. The van der Waals surface area contributed by atoms with Crippen molar-refractivity contribution in [2.24, 2.45) is 0 Å². The Balaban J connectivity index is 1.40. The highest BCUT2D eigenvalue weighted by Crippen LogP contribution is 2.34. The van der Waals surface area contributed by atoms with Crippen LogP contribution in [0.1, 0.15) is 19.3 Å². The van der Waals surface area contributed by atoms with E-state index in [-0.39, 0.29) is 18.4 Å². The molecule has 1 saturated heterocycles. The van der Waals surface area contributed by atoms with Crippen molar-refractivity contribution >= 4 is 40.8 Å². The predicted octanol–water partition coefficient (Wildman–Crippen LogP) is 3.15. The number of carbonyl (C=O) groups is 2. The lowest BCUT2D eigenvalue weighted by Gasteiger charge is -2.28. The van der Waals surface area contributed by atoms with Crippen LogP contribution >= 0.6 is 11.8 Å². The largest absolute Gasteiger partial charge is 0.357 e. The maximum atomic E-state index is 12.5. The second kappa shape index (κ2) is 8.00. The van der Waals surface area contributed by atoms with E-state index in [0.29, 0.717) is 11.4 Å². The van der Waals surface area contributed by atoms with Gasteiger partial charge >= 0.3 is 0 Å². The Hall–Kier alpha value is -2.54. The first-order valence-electron chi connectivity index (χ1n) is 9.24. The SMILES string of the molecule is O=C(CN1C(=O)CSc2ccccc21)Nc1ccc(N2CCCCC2)nc1. The molecule has 6 nitrogen and oxygen atoms in total. The second-order valence-corrected chi connectivity index (χ2v) is 7.75. The summed E-state index contributed by atoms with van der Waals surface area (Å²) < 4.78 is 0. The predicted molar refractivity (Wildman–Crippen MR) is 108 cm³/mol. The summed E-state index contributed by atoms with van der Waals surface area (Å²) in [5, 5.41) is 2.85. The Labute approximate surface area is 162 Å². The molecule has 2 amide bonds. The molecular formula is C20H22N4O2S. The molecule has 0 radical (unpaired) electrons. The molecule has 4 rings (SSSR count). The van der Waals surface area contributed by atoms with Gasteiger partial charge in [0.25, 0.3) is 0 Å². The van der Waals surface area contributed by atoms with Gasteiger partial charge in [0.15, 0.2) is 0 Å². The number of pyridine rings is 1. The molecule has 1 aromatic carbocycles. The van der Waals surface area contributed by atoms with Crippen LogP contribution in [-0.4, -0.2) is 42.2 Å². The lowest BCUT2D eigenvalue weighted by molar-refractivity contribution is -0.120. The molecule has 2 aliphatic heterocycles. The molecule has 0 atom stereocenters. The maximum Gasteiger partial charge on any atom is 0.244 e. The second-order valence-electron chi connectivity index (χ2n) is 6.74. The number of para-hydroxylation sites is 1. The van der Waals surface area contributed by atoms with Gasteiger partial charge in [-0.2, -0.15) is 0 Å². The molecule has 1 aromatic heterocycles. The smallest absolute Gasteiger partial charge is 0.244 e. The van der Waals surface area contributed by atoms with E-state index in [1.807, 2.05) is 36.4 Å². The van der Waals surface area contributed by atoms with Gasteiger partial charge in [-0.25, -0.2) is 4.98 Å². The van der Waals surface area contributed by atoms with Gasteiger partial charge in [0, 0.05) is 18.0 Å².